The first kappa shape index (κ1) is 19.3. The van der Waals surface area contributed by atoms with Crippen LogP contribution in [0.1, 0.15) is 60.8 Å². The van der Waals surface area contributed by atoms with Gasteiger partial charge in [-0.3, -0.25) is 9.69 Å². The third-order valence-electron chi connectivity index (χ3n) is 3.11. The summed E-state index contributed by atoms with van der Waals surface area (Å²) in [7, 11) is 0. The monoisotopic (exact) mass is 327 g/mol. The molecule has 0 unspecified atom stereocenters. The first-order chi connectivity index (χ1) is 10.4. The lowest BCUT2D eigenvalue weighted by Crippen LogP contribution is -2.55. The summed E-state index contributed by atoms with van der Waals surface area (Å²) in [6.07, 6.45) is 1.33. The van der Waals surface area contributed by atoms with E-state index in [0.29, 0.717) is 13.0 Å². The molecule has 132 valence electrons. The van der Waals surface area contributed by atoms with Crippen LogP contribution in [-0.2, 0) is 9.53 Å². The van der Waals surface area contributed by atoms with Crippen LogP contribution in [0.25, 0.3) is 0 Å². The van der Waals surface area contributed by atoms with Crippen molar-refractivity contribution >= 4 is 18.0 Å². The Morgan fingerprint density at radius 2 is 1.74 bits per heavy atom. The van der Waals surface area contributed by atoms with Crippen molar-refractivity contribution in [2.45, 2.75) is 78.0 Å². The molecule has 4 amide bonds. The fraction of sp³-hybridized carbons (Fsp3) is 0.812. The van der Waals surface area contributed by atoms with Gasteiger partial charge in [0.05, 0.1) is 0 Å². The molecular formula is C16H29N3O4. The largest absolute Gasteiger partial charge is 0.444 e. The van der Waals surface area contributed by atoms with Crippen molar-refractivity contribution in [1.82, 2.24) is 15.5 Å². The average molecular weight is 327 g/mol. The Hall–Kier alpha value is -1.79. The maximum absolute atomic E-state index is 12.6. The van der Waals surface area contributed by atoms with Crippen LogP contribution >= 0.6 is 0 Å². The number of urea groups is 1. The maximum atomic E-state index is 12.6. The molecule has 0 spiro atoms. The lowest BCUT2D eigenvalue weighted by atomic mass is 10.1. The number of carbonyl (C=O) groups excluding carboxylic acids is 3. The molecule has 7 nitrogen and oxygen atoms in total. The molecule has 1 aliphatic rings. The summed E-state index contributed by atoms with van der Waals surface area (Å²) in [6.45, 7) is 11.2. The van der Waals surface area contributed by atoms with Crippen LogP contribution < -0.4 is 10.6 Å². The first-order valence-electron chi connectivity index (χ1n) is 8.02. The number of nitrogens with one attached hydrogen (secondary N) is 2. The molecule has 1 atom stereocenters. The Labute approximate surface area is 138 Å². The van der Waals surface area contributed by atoms with Crippen molar-refractivity contribution in [3.63, 3.8) is 0 Å². The van der Waals surface area contributed by atoms with E-state index in [1.165, 1.54) is 4.90 Å². The zero-order valence-electron chi connectivity index (χ0n) is 15.0. The second-order valence-electron chi connectivity index (χ2n) is 7.86. The van der Waals surface area contributed by atoms with Gasteiger partial charge in [-0.1, -0.05) is 0 Å². The van der Waals surface area contributed by atoms with Crippen LogP contribution in [0.5, 0.6) is 0 Å². The second-order valence-corrected chi connectivity index (χ2v) is 7.86. The lowest BCUT2D eigenvalue weighted by molar-refractivity contribution is -0.130. The number of amides is 4. The molecule has 2 N–H and O–H groups in total. The molecule has 0 aromatic rings. The van der Waals surface area contributed by atoms with E-state index in [1.807, 2.05) is 20.8 Å². The van der Waals surface area contributed by atoms with E-state index >= 15 is 0 Å². The fourth-order valence-corrected chi connectivity index (χ4v) is 2.21. The van der Waals surface area contributed by atoms with E-state index in [4.69, 9.17) is 4.74 Å². The van der Waals surface area contributed by atoms with Crippen LogP contribution in [0.15, 0.2) is 0 Å². The summed E-state index contributed by atoms with van der Waals surface area (Å²) in [6, 6.07) is -1.17. The van der Waals surface area contributed by atoms with Crippen molar-refractivity contribution in [2.24, 2.45) is 0 Å². The highest BCUT2D eigenvalue weighted by molar-refractivity contribution is 5.98. The molecule has 1 aliphatic heterocycles. The molecule has 0 bridgehead atoms. The number of hydrogen-bond acceptors (Lipinski definition) is 4. The highest BCUT2D eigenvalue weighted by atomic mass is 16.6. The molecule has 0 aromatic carbocycles. The van der Waals surface area contributed by atoms with Gasteiger partial charge >= 0.3 is 12.1 Å². The third kappa shape index (κ3) is 6.88. The van der Waals surface area contributed by atoms with E-state index in [0.717, 1.165) is 12.8 Å². The minimum Gasteiger partial charge on any atom is -0.444 e. The molecule has 1 heterocycles. The molecule has 1 rings (SSSR count). The minimum atomic E-state index is -0.738. The highest BCUT2D eigenvalue weighted by Crippen LogP contribution is 2.15. The molecule has 0 aliphatic carbocycles. The summed E-state index contributed by atoms with van der Waals surface area (Å²) in [5.74, 6) is -0.393. The third-order valence-corrected chi connectivity index (χ3v) is 3.11. The minimum absolute atomic E-state index is 0.354. The number of imide groups is 1. The summed E-state index contributed by atoms with van der Waals surface area (Å²) in [4.78, 5) is 37.9. The van der Waals surface area contributed by atoms with Gasteiger partial charge in [0.1, 0.15) is 11.6 Å². The zero-order valence-corrected chi connectivity index (χ0v) is 15.0. The van der Waals surface area contributed by atoms with E-state index in [-0.39, 0.29) is 0 Å². The normalized spacial score (nSPS) is 19.8. The summed E-state index contributed by atoms with van der Waals surface area (Å²) in [5.41, 5.74) is -1.07. The Morgan fingerprint density at radius 1 is 1.13 bits per heavy atom. The quantitative estimate of drug-likeness (QED) is 0.774. The smallest absolute Gasteiger partial charge is 0.408 e. The number of ether oxygens (including phenoxy) is 1. The van der Waals surface area contributed by atoms with Crippen LogP contribution in [0.4, 0.5) is 9.59 Å². The van der Waals surface area contributed by atoms with Crippen molar-refractivity contribution in [3.05, 3.63) is 0 Å². The first-order valence-corrected chi connectivity index (χ1v) is 8.02. The van der Waals surface area contributed by atoms with Crippen LogP contribution in [0.3, 0.4) is 0 Å². The van der Waals surface area contributed by atoms with Gasteiger partial charge in [0.25, 0.3) is 5.91 Å². The van der Waals surface area contributed by atoms with Gasteiger partial charge in [-0.25, -0.2) is 9.59 Å². The standard InChI is InChI=1S/C16H29N3O4/c1-15(2,3)18-13(21)19-10-8-7-9-11(12(19)20)17-14(22)23-16(4,5)6/h11H,7-10H2,1-6H3,(H,17,22)(H,18,21)/t11-/m0/s1. The topological polar surface area (TPSA) is 87.7 Å². The molecule has 0 saturated carbocycles. The molecule has 23 heavy (non-hydrogen) atoms. The van der Waals surface area contributed by atoms with Crippen molar-refractivity contribution in [2.75, 3.05) is 6.54 Å². The summed E-state index contributed by atoms with van der Waals surface area (Å²) in [5, 5.41) is 5.36. The predicted molar refractivity (Wildman–Crippen MR) is 87.0 cm³/mol. The number of hydrogen-bond donors (Lipinski definition) is 2. The zero-order chi connectivity index (χ0) is 17.8. The van der Waals surface area contributed by atoms with E-state index in [1.54, 1.807) is 20.8 Å². The van der Waals surface area contributed by atoms with Crippen molar-refractivity contribution in [1.29, 1.82) is 0 Å². The fourth-order valence-electron chi connectivity index (χ4n) is 2.21. The molecular weight excluding hydrogens is 298 g/mol. The van der Waals surface area contributed by atoms with E-state index < -0.39 is 35.2 Å². The summed E-state index contributed by atoms with van der Waals surface area (Å²) >= 11 is 0. The number of rotatable bonds is 1. The SMILES string of the molecule is CC(C)(C)NC(=O)N1CCCC[C@H](NC(=O)OC(C)(C)C)C1=O. The highest BCUT2D eigenvalue weighted by Gasteiger charge is 2.34. The molecule has 1 saturated heterocycles. The predicted octanol–water partition coefficient (Wildman–Crippen LogP) is 2.40. The molecule has 7 heteroatoms. The van der Waals surface area contributed by atoms with Gasteiger partial charge in [0.2, 0.25) is 0 Å². The Morgan fingerprint density at radius 3 is 2.26 bits per heavy atom. The number of alkyl carbamates (subject to hydrolysis) is 1. The van der Waals surface area contributed by atoms with Gasteiger partial charge in [-0.05, 0) is 60.8 Å². The Kier molecular flexibility index (Phi) is 6.02. The lowest BCUT2D eigenvalue weighted by Gasteiger charge is -2.28. The van der Waals surface area contributed by atoms with Gasteiger partial charge in [0.15, 0.2) is 0 Å². The number of likely N-dealkylation sites (tertiary alicyclic amines) is 1. The molecule has 0 radical (unpaired) electrons. The second kappa shape index (κ2) is 7.19. The van der Waals surface area contributed by atoms with Gasteiger partial charge < -0.3 is 15.4 Å². The van der Waals surface area contributed by atoms with Gasteiger partial charge in [-0.15, -0.1) is 0 Å². The Balaban J connectivity index is 2.76. The van der Waals surface area contributed by atoms with Crippen LogP contribution in [-0.4, -0.2) is 46.7 Å². The Bertz CT molecular complexity index is 463. The van der Waals surface area contributed by atoms with Crippen LogP contribution in [0, 0.1) is 0 Å². The molecule has 1 fully saturated rings. The maximum Gasteiger partial charge on any atom is 0.408 e. The van der Waals surface area contributed by atoms with Gasteiger partial charge in [-0.2, -0.15) is 0 Å². The van der Waals surface area contributed by atoms with E-state index in [2.05, 4.69) is 10.6 Å². The molecule has 0 aromatic heterocycles. The summed E-state index contributed by atoms with van der Waals surface area (Å²) < 4.78 is 5.18. The van der Waals surface area contributed by atoms with Crippen LogP contribution in [0.2, 0.25) is 0 Å². The van der Waals surface area contributed by atoms with E-state index in [9.17, 15) is 14.4 Å². The van der Waals surface area contributed by atoms with Gasteiger partial charge in [0, 0.05) is 12.1 Å². The number of nitrogens with zero attached hydrogens (tertiary/aromatic N) is 1. The average Bonchev–Trinajstić information content (AvgIpc) is 2.48. The van der Waals surface area contributed by atoms with Crippen molar-refractivity contribution < 1.29 is 19.1 Å². The number of carbonyl (C=O) groups is 3. The van der Waals surface area contributed by atoms with Crippen molar-refractivity contribution in [3.8, 4) is 0 Å².